The number of hydrogen-bond acceptors (Lipinski definition) is 6. The number of nitrogens with one attached hydrogen (secondary N) is 1. The molecule has 0 unspecified atom stereocenters. The second-order valence-electron chi connectivity index (χ2n) is 7.87. The third-order valence-corrected chi connectivity index (χ3v) is 6.07. The number of amides is 1. The highest BCUT2D eigenvalue weighted by atomic mass is 35.5. The second kappa shape index (κ2) is 13.0. The van der Waals surface area contributed by atoms with Crippen molar-refractivity contribution in [3.8, 4) is 6.07 Å². The van der Waals surface area contributed by atoms with Gasteiger partial charge in [-0.25, -0.2) is 18.9 Å². The molecule has 4 aromatic rings. The number of anilines is 1. The first-order chi connectivity index (χ1) is 17.8. The highest BCUT2D eigenvalue weighted by Crippen LogP contribution is 2.22. The lowest BCUT2D eigenvalue weighted by molar-refractivity contribution is 0.0935. The molecule has 1 amide bonds. The monoisotopic (exact) mass is 541 g/mol. The number of rotatable bonds is 3. The summed E-state index contributed by atoms with van der Waals surface area (Å²) < 4.78 is 14.0. The maximum Gasteiger partial charge on any atom is 0.270 e. The van der Waals surface area contributed by atoms with Crippen molar-refractivity contribution in [2.75, 3.05) is 18.0 Å². The predicted octanol–water partition coefficient (Wildman–Crippen LogP) is 5.47. The van der Waals surface area contributed by atoms with E-state index in [2.05, 4.69) is 25.3 Å². The number of aryl methyl sites for hydroxylation is 1. The quantitative estimate of drug-likeness (QED) is 0.369. The summed E-state index contributed by atoms with van der Waals surface area (Å²) in [5, 5.41) is 16.5. The Bertz CT molecular complexity index is 1420. The van der Waals surface area contributed by atoms with Crippen molar-refractivity contribution >= 4 is 40.6 Å². The van der Waals surface area contributed by atoms with Gasteiger partial charge >= 0.3 is 0 Å². The number of carbonyl (C=O) groups is 1. The van der Waals surface area contributed by atoms with Crippen LogP contribution in [0.2, 0.25) is 10.0 Å². The Kier molecular flexibility index (Phi) is 9.78. The molecule has 5 rings (SSSR count). The van der Waals surface area contributed by atoms with Crippen LogP contribution in [0.1, 0.15) is 42.0 Å². The van der Waals surface area contributed by atoms with E-state index in [1.807, 2.05) is 43.5 Å². The number of imidazole rings is 1. The smallest absolute Gasteiger partial charge is 0.270 e. The molecule has 4 heterocycles. The Morgan fingerprint density at radius 2 is 1.92 bits per heavy atom. The zero-order valence-electron chi connectivity index (χ0n) is 20.6. The van der Waals surface area contributed by atoms with E-state index in [-0.39, 0.29) is 23.5 Å². The molecule has 1 aromatic carbocycles. The van der Waals surface area contributed by atoms with Crippen molar-refractivity contribution in [2.45, 2.75) is 33.2 Å². The Balaban J connectivity index is 0.000000291. The molecule has 1 aliphatic heterocycles. The Morgan fingerprint density at radius 1 is 1.14 bits per heavy atom. The van der Waals surface area contributed by atoms with Gasteiger partial charge in [-0.05, 0) is 49.7 Å². The summed E-state index contributed by atoms with van der Waals surface area (Å²) >= 11 is 11.8. The van der Waals surface area contributed by atoms with Crippen LogP contribution >= 0.6 is 23.2 Å². The van der Waals surface area contributed by atoms with Gasteiger partial charge in [0.1, 0.15) is 17.3 Å². The normalized spacial score (nSPS) is 14.2. The van der Waals surface area contributed by atoms with Gasteiger partial charge in [0.25, 0.3) is 5.91 Å². The summed E-state index contributed by atoms with van der Waals surface area (Å²) in [4.78, 5) is 22.8. The molecule has 8 nitrogen and oxygen atoms in total. The van der Waals surface area contributed by atoms with Gasteiger partial charge in [-0.1, -0.05) is 43.1 Å². The first-order valence-electron chi connectivity index (χ1n) is 11.7. The van der Waals surface area contributed by atoms with Gasteiger partial charge in [0.15, 0.2) is 5.65 Å². The van der Waals surface area contributed by atoms with Crippen molar-refractivity contribution in [3.63, 3.8) is 0 Å². The maximum absolute atomic E-state index is 12.4. The van der Waals surface area contributed by atoms with Crippen LogP contribution in [-0.4, -0.2) is 44.6 Å². The molecule has 11 heteroatoms. The van der Waals surface area contributed by atoms with E-state index >= 15 is 0 Å². The van der Waals surface area contributed by atoms with Gasteiger partial charge in [0.2, 0.25) is 0 Å². The third-order valence-electron chi connectivity index (χ3n) is 5.36. The number of halogens is 3. The molecule has 0 aliphatic carbocycles. The van der Waals surface area contributed by atoms with E-state index < -0.39 is 0 Å². The van der Waals surface area contributed by atoms with Crippen molar-refractivity contribution < 1.29 is 9.18 Å². The summed E-state index contributed by atoms with van der Waals surface area (Å²) in [5.74, 6) is 0.237. The van der Waals surface area contributed by atoms with Gasteiger partial charge < -0.3 is 10.2 Å². The minimum absolute atomic E-state index is 0.0140. The molecule has 0 bridgehead atoms. The Hall–Kier alpha value is -3.74. The van der Waals surface area contributed by atoms with E-state index in [0.717, 1.165) is 30.1 Å². The number of fused-ring (bicyclic) bond motifs is 1. The highest BCUT2D eigenvalue weighted by Gasteiger charge is 2.26. The number of aromatic nitrogens is 4. The Morgan fingerprint density at radius 3 is 2.59 bits per heavy atom. The summed E-state index contributed by atoms with van der Waals surface area (Å²) in [7, 11) is 0. The fourth-order valence-corrected chi connectivity index (χ4v) is 3.84. The molecular weight excluding hydrogens is 516 g/mol. The van der Waals surface area contributed by atoms with Gasteiger partial charge in [-0.2, -0.15) is 5.26 Å². The first kappa shape index (κ1) is 27.8. The zero-order valence-corrected chi connectivity index (χ0v) is 22.1. The molecule has 0 radical (unpaired) electrons. The lowest BCUT2D eigenvalue weighted by atomic mass is 10.2. The van der Waals surface area contributed by atoms with Crippen molar-refractivity contribution in [2.24, 2.45) is 0 Å². The summed E-state index contributed by atoms with van der Waals surface area (Å²) in [6.07, 6.45) is 4.01. The summed E-state index contributed by atoms with van der Waals surface area (Å²) in [5.41, 5.74) is 2.42. The van der Waals surface area contributed by atoms with E-state index in [1.165, 1.54) is 30.5 Å². The van der Waals surface area contributed by atoms with E-state index in [9.17, 15) is 9.18 Å². The van der Waals surface area contributed by atoms with Gasteiger partial charge in [-0.15, -0.1) is 5.10 Å². The molecule has 1 saturated heterocycles. The fourth-order valence-electron chi connectivity index (χ4n) is 3.59. The number of benzene rings is 1. The molecule has 1 aliphatic rings. The molecule has 192 valence electrons. The van der Waals surface area contributed by atoms with Crippen LogP contribution in [0.15, 0.2) is 54.9 Å². The standard InChI is InChI=1S/C17H16Cl2N6O.C7H4FN.C2H6/c1-10-7-21-15-2-3-16(23-25(10)15)24-5-4-11(9-24)22-17(26)14-6-12(18)13(19)8-20-14;8-7-3-1-2-6(4-7)5-9;1-2/h2-3,6-8,11H,4-5,9H2,1H3,(H,22,26);1-4H;1-2H3/t11-;;/m0../s1. The van der Waals surface area contributed by atoms with E-state index in [0.29, 0.717) is 22.2 Å². The molecule has 3 aromatic heterocycles. The van der Waals surface area contributed by atoms with Crippen LogP contribution in [0.25, 0.3) is 5.65 Å². The molecule has 0 saturated carbocycles. The summed E-state index contributed by atoms with van der Waals surface area (Å²) in [6.45, 7) is 7.46. The number of nitriles is 1. The number of hydrogen-bond donors (Lipinski definition) is 1. The number of carbonyl (C=O) groups excluding carboxylic acids is 1. The minimum atomic E-state index is -0.367. The van der Waals surface area contributed by atoms with Crippen LogP contribution in [0.3, 0.4) is 0 Å². The van der Waals surface area contributed by atoms with Gasteiger partial charge in [-0.3, -0.25) is 4.79 Å². The molecule has 37 heavy (non-hydrogen) atoms. The van der Waals surface area contributed by atoms with Crippen LogP contribution in [0.4, 0.5) is 10.2 Å². The molecule has 1 atom stereocenters. The maximum atomic E-state index is 12.4. The average Bonchev–Trinajstić information content (AvgIpc) is 3.53. The Labute approximate surface area is 224 Å². The second-order valence-corrected chi connectivity index (χ2v) is 8.69. The minimum Gasteiger partial charge on any atom is -0.353 e. The highest BCUT2D eigenvalue weighted by molar-refractivity contribution is 6.42. The lowest BCUT2D eigenvalue weighted by Gasteiger charge is -2.18. The predicted molar refractivity (Wildman–Crippen MR) is 143 cm³/mol. The first-order valence-corrected chi connectivity index (χ1v) is 12.4. The van der Waals surface area contributed by atoms with Crippen LogP contribution < -0.4 is 10.2 Å². The van der Waals surface area contributed by atoms with Crippen LogP contribution in [0.5, 0.6) is 0 Å². The van der Waals surface area contributed by atoms with E-state index in [1.54, 1.807) is 12.3 Å². The summed E-state index contributed by atoms with van der Waals surface area (Å²) in [6, 6.07) is 12.8. The fraction of sp³-hybridized carbons (Fsp3) is 0.269. The van der Waals surface area contributed by atoms with Crippen LogP contribution in [0, 0.1) is 24.1 Å². The molecule has 0 spiro atoms. The number of nitrogens with zero attached hydrogens (tertiary/aromatic N) is 6. The third kappa shape index (κ3) is 7.15. The zero-order chi connectivity index (χ0) is 26.9. The molecular formula is C26H26Cl2FN7O. The largest absolute Gasteiger partial charge is 0.353 e. The van der Waals surface area contributed by atoms with Crippen molar-refractivity contribution in [1.82, 2.24) is 24.9 Å². The average molecular weight is 542 g/mol. The van der Waals surface area contributed by atoms with Gasteiger partial charge in [0, 0.05) is 25.3 Å². The molecule has 1 N–H and O–H groups in total. The lowest BCUT2D eigenvalue weighted by Crippen LogP contribution is -2.37. The topological polar surface area (TPSA) is 99.2 Å². The number of pyridine rings is 1. The van der Waals surface area contributed by atoms with Gasteiger partial charge in [0.05, 0.1) is 33.6 Å². The van der Waals surface area contributed by atoms with Crippen LogP contribution in [-0.2, 0) is 0 Å². The molecule has 1 fully saturated rings. The van der Waals surface area contributed by atoms with Crippen molar-refractivity contribution in [3.05, 3.63) is 87.7 Å². The SMILES string of the molecule is CC.Cc1cnc2ccc(N3CC[C@H](NC(=O)c4cc(Cl)c(Cl)cn4)C3)nn12.N#Cc1cccc(F)c1. The van der Waals surface area contributed by atoms with E-state index in [4.69, 9.17) is 28.5 Å². The van der Waals surface area contributed by atoms with Crippen molar-refractivity contribution in [1.29, 1.82) is 5.26 Å².